The third kappa shape index (κ3) is 3.20. The zero-order chi connectivity index (χ0) is 12.1. The second kappa shape index (κ2) is 5.68. The molecule has 0 aliphatic carbocycles. The molecule has 1 fully saturated rings. The molecule has 1 atom stereocenters. The van der Waals surface area contributed by atoms with Crippen LogP contribution in [0, 0.1) is 0 Å². The van der Waals surface area contributed by atoms with Gasteiger partial charge in [-0.2, -0.15) is 0 Å². The van der Waals surface area contributed by atoms with Crippen LogP contribution in [0.25, 0.3) is 0 Å². The number of benzene rings is 1. The highest BCUT2D eigenvalue weighted by Gasteiger charge is 2.20. The van der Waals surface area contributed by atoms with E-state index in [1.165, 1.54) is 0 Å². The van der Waals surface area contributed by atoms with Crippen molar-refractivity contribution in [3.8, 4) is 5.75 Å². The molecule has 92 valence electrons. The molecule has 0 radical (unpaired) electrons. The molecule has 1 heterocycles. The van der Waals surface area contributed by atoms with Crippen molar-refractivity contribution in [3.63, 3.8) is 0 Å². The first-order valence-corrected chi connectivity index (χ1v) is 5.81. The van der Waals surface area contributed by atoms with Gasteiger partial charge in [-0.1, -0.05) is 0 Å². The van der Waals surface area contributed by atoms with E-state index in [-0.39, 0.29) is 12.1 Å². The molecular formula is C13H16O4. The highest BCUT2D eigenvalue weighted by molar-refractivity contribution is 5.89. The van der Waals surface area contributed by atoms with Gasteiger partial charge in [0.15, 0.2) is 0 Å². The van der Waals surface area contributed by atoms with Crippen LogP contribution in [0.5, 0.6) is 5.75 Å². The molecule has 0 bridgehead atoms. The van der Waals surface area contributed by atoms with E-state index in [0.29, 0.717) is 25.4 Å². The standard InChI is InChI=1S/C13H16O4/c1-2-16-11-5-3-10(4-6-11)13(14)17-12-7-8-15-9-12/h3-6,12H,2,7-9H2,1H3/t12-/m0/s1. The number of carbonyl (C=O) groups excluding carboxylic acids is 1. The number of ether oxygens (including phenoxy) is 3. The Balaban J connectivity index is 1.93. The normalized spacial score (nSPS) is 19.0. The molecule has 4 heteroatoms. The van der Waals surface area contributed by atoms with Gasteiger partial charge in [-0.25, -0.2) is 4.79 Å². The third-order valence-electron chi connectivity index (χ3n) is 2.56. The van der Waals surface area contributed by atoms with Crippen LogP contribution in [0.3, 0.4) is 0 Å². The first-order chi connectivity index (χ1) is 8.29. The minimum absolute atomic E-state index is 0.103. The number of hydrogen-bond acceptors (Lipinski definition) is 4. The molecule has 1 aromatic carbocycles. The van der Waals surface area contributed by atoms with Crippen LogP contribution in [-0.2, 0) is 9.47 Å². The van der Waals surface area contributed by atoms with E-state index in [0.717, 1.165) is 12.2 Å². The maximum absolute atomic E-state index is 11.8. The molecule has 1 saturated heterocycles. The van der Waals surface area contributed by atoms with Gasteiger partial charge in [-0.05, 0) is 31.2 Å². The second-order valence-corrected chi connectivity index (χ2v) is 3.85. The number of hydrogen-bond donors (Lipinski definition) is 0. The van der Waals surface area contributed by atoms with E-state index in [2.05, 4.69) is 0 Å². The summed E-state index contributed by atoms with van der Waals surface area (Å²) in [5.74, 6) is 0.455. The Hall–Kier alpha value is -1.55. The molecule has 1 aliphatic heterocycles. The fourth-order valence-corrected chi connectivity index (χ4v) is 1.68. The van der Waals surface area contributed by atoms with Crippen LogP contribution in [0.2, 0.25) is 0 Å². The quantitative estimate of drug-likeness (QED) is 0.750. The van der Waals surface area contributed by atoms with Gasteiger partial charge in [-0.3, -0.25) is 0 Å². The van der Waals surface area contributed by atoms with Crippen molar-refractivity contribution in [2.24, 2.45) is 0 Å². The Kier molecular flexibility index (Phi) is 3.98. The first-order valence-electron chi connectivity index (χ1n) is 5.81. The van der Waals surface area contributed by atoms with Gasteiger partial charge in [-0.15, -0.1) is 0 Å². The van der Waals surface area contributed by atoms with Gasteiger partial charge in [0.25, 0.3) is 0 Å². The van der Waals surface area contributed by atoms with Crippen LogP contribution < -0.4 is 4.74 Å². The molecule has 0 saturated carbocycles. The minimum Gasteiger partial charge on any atom is -0.494 e. The van der Waals surface area contributed by atoms with Gasteiger partial charge in [0.1, 0.15) is 11.9 Å². The van der Waals surface area contributed by atoms with Crippen molar-refractivity contribution in [2.45, 2.75) is 19.4 Å². The molecule has 0 spiro atoms. The van der Waals surface area contributed by atoms with Gasteiger partial charge in [0.2, 0.25) is 0 Å². The van der Waals surface area contributed by atoms with Crippen molar-refractivity contribution >= 4 is 5.97 Å². The highest BCUT2D eigenvalue weighted by Crippen LogP contribution is 2.15. The summed E-state index contributed by atoms with van der Waals surface area (Å²) in [5.41, 5.74) is 0.542. The fourth-order valence-electron chi connectivity index (χ4n) is 1.68. The van der Waals surface area contributed by atoms with Gasteiger partial charge in [0.05, 0.1) is 25.4 Å². The van der Waals surface area contributed by atoms with Crippen molar-refractivity contribution in [1.82, 2.24) is 0 Å². The maximum Gasteiger partial charge on any atom is 0.338 e. The Morgan fingerprint density at radius 1 is 1.41 bits per heavy atom. The summed E-state index contributed by atoms with van der Waals surface area (Å²) in [6.45, 7) is 3.70. The van der Waals surface area contributed by atoms with E-state index in [1.54, 1.807) is 24.3 Å². The van der Waals surface area contributed by atoms with Crippen LogP contribution in [0.15, 0.2) is 24.3 Å². The Morgan fingerprint density at radius 2 is 2.18 bits per heavy atom. The topological polar surface area (TPSA) is 44.8 Å². The molecule has 1 aliphatic rings. The van der Waals surface area contributed by atoms with Crippen molar-refractivity contribution in [1.29, 1.82) is 0 Å². The molecule has 0 N–H and O–H groups in total. The van der Waals surface area contributed by atoms with E-state index < -0.39 is 0 Å². The minimum atomic E-state index is -0.302. The Bertz CT molecular complexity index is 366. The molecule has 17 heavy (non-hydrogen) atoms. The van der Waals surface area contributed by atoms with Crippen LogP contribution >= 0.6 is 0 Å². The fraction of sp³-hybridized carbons (Fsp3) is 0.462. The lowest BCUT2D eigenvalue weighted by Crippen LogP contribution is -2.17. The van der Waals surface area contributed by atoms with E-state index in [1.807, 2.05) is 6.92 Å². The Morgan fingerprint density at radius 3 is 2.76 bits per heavy atom. The summed E-state index contributed by atoms with van der Waals surface area (Å²) >= 11 is 0. The largest absolute Gasteiger partial charge is 0.494 e. The summed E-state index contributed by atoms with van der Waals surface area (Å²) in [6.07, 6.45) is 0.678. The van der Waals surface area contributed by atoms with Gasteiger partial charge in [0, 0.05) is 6.42 Å². The van der Waals surface area contributed by atoms with E-state index in [4.69, 9.17) is 14.2 Å². The number of rotatable bonds is 4. The smallest absolute Gasteiger partial charge is 0.338 e. The summed E-state index contributed by atoms with van der Waals surface area (Å²) in [4.78, 5) is 11.8. The average molecular weight is 236 g/mol. The monoisotopic (exact) mass is 236 g/mol. The summed E-state index contributed by atoms with van der Waals surface area (Å²) in [7, 11) is 0. The lowest BCUT2D eigenvalue weighted by atomic mass is 10.2. The second-order valence-electron chi connectivity index (χ2n) is 3.85. The number of carbonyl (C=O) groups is 1. The summed E-state index contributed by atoms with van der Waals surface area (Å²) in [5, 5.41) is 0. The van der Waals surface area contributed by atoms with Crippen molar-refractivity contribution in [2.75, 3.05) is 19.8 Å². The highest BCUT2D eigenvalue weighted by atomic mass is 16.6. The molecule has 4 nitrogen and oxygen atoms in total. The van der Waals surface area contributed by atoms with Crippen LogP contribution in [-0.4, -0.2) is 31.9 Å². The number of esters is 1. The molecule has 0 aromatic heterocycles. The Labute approximate surface area is 100 Å². The zero-order valence-electron chi connectivity index (χ0n) is 9.85. The van der Waals surface area contributed by atoms with Gasteiger partial charge >= 0.3 is 5.97 Å². The zero-order valence-corrected chi connectivity index (χ0v) is 9.85. The SMILES string of the molecule is CCOc1ccc(C(=O)O[C@H]2CCOC2)cc1. The molecule has 0 unspecified atom stereocenters. The molecular weight excluding hydrogens is 220 g/mol. The van der Waals surface area contributed by atoms with Gasteiger partial charge < -0.3 is 14.2 Å². The molecule has 2 rings (SSSR count). The van der Waals surface area contributed by atoms with Crippen LogP contribution in [0.4, 0.5) is 0 Å². The summed E-state index contributed by atoms with van der Waals surface area (Å²) in [6, 6.07) is 6.96. The first kappa shape index (κ1) is 11.9. The van der Waals surface area contributed by atoms with Crippen LogP contribution in [0.1, 0.15) is 23.7 Å². The van der Waals surface area contributed by atoms with Crippen molar-refractivity contribution in [3.05, 3.63) is 29.8 Å². The van der Waals surface area contributed by atoms with E-state index in [9.17, 15) is 4.79 Å². The lowest BCUT2D eigenvalue weighted by Gasteiger charge is -2.10. The van der Waals surface area contributed by atoms with E-state index >= 15 is 0 Å². The van der Waals surface area contributed by atoms with Crippen molar-refractivity contribution < 1.29 is 19.0 Å². The molecule has 1 aromatic rings. The third-order valence-corrected chi connectivity index (χ3v) is 2.56. The predicted octanol–water partition coefficient (Wildman–Crippen LogP) is 2.03. The molecule has 0 amide bonds. The summed E-state index contributed by atoms with van der Waals surface area (Å²) < 4.78 is 15.7. The lowest BCUT2D eigenvalue weighted by molar-refractivity contribution is 0.0270. The maximum atomic E-state index is 11.8. The average Bonchev–Trinajstić information content (AvgIpc) is 2.83. The predicted molar refractivity (Wildman–Crippen MR) is 62.3 cm³/mol.